The second-order valence-electron chi connectivity index (χ2n) is 7.58. The molecule has 0 bridgehead atoms. The van der Waals surface area contributed by atoms with Crippen molar-refractivity contribution in [2.45, 2.75) is 37.8 Å². The van der Waals surface area contributed by atoms with Crippen molar-refractivity contribution in [3.63, 3.8) is 0 Å². The highest BCUT2D eigenvalue weighted by Gasteiger charge is 2.41. The molecule has 2 fully saturated rings. The Bertz CT molecular complexity index is 811. The van der Waals surface area contributed by atoms with Crippen molar-refractivity contribution in [1.29, 1.82) is 0 Å². The van der Waals surface area contributed by atoms with Crippen LogP contribution in [0.5, 0.6) is 0 Å². The normalized spacial score (nSPS) is 21.7. The molecular weight excluding hydrogens is 492 g/mol. The molecule has 3 atom stereocenters. The maximum Gasteiger partial charge on any atom is 0.490 e. The summed E-state index contributed by atoms with van der Waals surface area (Å²) < 4.78 is 69.3. The van der Waals surface area contributed by atoms with E-state index in [4.69, 9.17) is 24.5 Å². The lowest BCUT2D eigenvalue weighted by Crippen LogP contribution is -2.52. The molecule has 35 heavy (non-hydrogen) atoms. The van der Waals surface area contributed by atoms with Gasteiger partial charge >= 0.3 is 24.3 Å². The third kappa shape index (κ3) is 10.5. The maximum atomic E-state index is 12.8. The molecule has 2 aliphatic heterocycles. The number of hydrogen-bond acceptors (Lipinski definition) is 6. The average molecular weight is 517 g/mol. The third-order valence-electron chi connectivity index (χ3n) is 5.04. The Kier molecular flexibility index (Phi) is 11.4. The van der Waals surface area contributed by atoms with Crippen LogP contribution in [0.25, 0.3) is 0 Å². The van der Waals surface area contributed by atoms with Gasteiger partial charge in [-0.2, -0.15) is 26.3 Å². The predicted molar refractivity (Wildman–Crippen MR) is 107 cm³/mol. The van der Waals surface area contributed by atoms with Crippen molar-refractivity contribution < 1.29 is 55.7 Å². The number of hydrogen-bond donors (Lipinski definition) is 3. The van der Waals surface area contributed by atoms with Crippen molar-refractivity contribution in [1.82, 2.24) is 15.2 Å². The number of carbonyl (C=O) groups is 3. The molecule has 3 heterocycles. The fourth-order valence-electron chi connectivity index (χ4n) is 3.43. The summed E-state index contributed by atoms with van der Waals surface area (Å²) in [6.07, 6.45) is -6.31. The van der Waals surface area contributed by atoms with Gasteiger partial charge in [-0.1, -0.05) is 6.07 Å². The number of ether oxygens (including phenoxy) is 1. The summed E-state index contributed by atoms with van der Waals surface area (Å²) in [6.45, 7) is 3.15. The first kappa shape index (κ1) is 30.1. The van der Waals surface area contributed by atoms with Gasteiger partial charge < -0.3 is 25.2 Å². The quantitative estimate of drug-likeness (QED) is 0.522. The van der Waals surface area contributed by atoms with Crippen LogP contribution in [0, 0.1) is 11.8 Å². The second kappa shape index (κ2) is 13.2. The van der Waals surface area contributed by atoms with Crippen LogP contribution in [0.1, 0.15) is 18.5 Å². The molecule has 3 N–H and O–H groups in total. The van der Waals surface area contributed by atoms with Crippen LogP contribution in [0.2, 0.25) is 0 Å². The minimum atomic E-state index is -5.08. The zero-order valence-electron chi connectivity index (χ0n) is 18.5. The van der Waals surface area contributed by atoms with Crippen molar-refractivity contribution in [2.24, 2.45) is 11.8 Å². The number of nitrogens with zero attached hydrogens (tertiary/aromatic N) is 2. The average Bonchev–Trinajstić information content (AvgIpc) is 2.78. The van der Waals surface area contributed by atoms with Crippen molar-refractivity contribution in [3.8, 4) is 0 Å². The molecule has 1 aromatic heterocycles. The molecule has 2 aliphatic rings. The fraction of sp³-hybridized carbons (Fsp3) is 0.600. The largest absolute Gasteiger partial charge is 0.490 e. The van der Waals surface area contributed by atoms with Gasteiger partial charge in [-0.3, -0.25) is 9.78 Å². The molecular formula is C20H25F6N3O6. The monoisotopic (exact) mass is 517 g/mol. The van der Waals surface area contributed by atoms with E-state index >= 15 is 0 Å². The number of rotatable bonds is 3. The number of pyridine rings is 1. The minimum Gasteiger partial charge on any atom is -0.475 e. The van der Waals surface area contributed by atoms with Gasteiger partial charge in [0, 0.05) is 38.2 Å². The highest BCUT2D eigenvalue weighted by atomic mass is 19.4. The number of carboxylic acids is 2. The Balaban J connectivity index is 0.000000362. The number of halogens is 6. The Morgan fingerprint density at radius 3 is 2.14 bits per heavy atom. The topological polar surface area (TPSA) is 129 Å². The van der Waals surface area contributed by atoms with Crippen molar-refractivity contribution in [2.75, 3.05) is 26.7 Å². The van der Waals surface area contributed by atoms with E-state index in [1.165, 1.54) is 0 Å². The number of alkyl halides is 6. The first-order valence-corrected chi connectivity index (χ1v) is 10.2. The van der Waals surface area contributed by atoms with Gasteiger partial charge in [0.2, 0.25) is 5.91 Å². The molecule has 9 nitrogen and oxygen atoms in total. The summed E-state index contributed by atoms with van der Waals surface area (Å²) in [7, 11) is 1.87. The van der Waals surface area contributed by atoms with E-state index < -0.39 is 24.3 Å². The van der Waals surface area contributed by atoms with Gasteiger partial charge in [-0.05, 0) is 31.5 Å². The van der Waals surface area contributed by atoms with Gasteiger partial charge in [0.25, 0.3) is 0 Å². The number of carboxylic acid groups (broad SMARTS) is 2. The lowest BCUT2D eigenvalue weighted by molar-refractivity contribution is -0.193. The van der Waals surface area contributed by atoms with Gasteiger partial charge in [0.05, 0.1) is 18.3 Å². The zero-order chi connectivity index (χ0) is 26.8. The molecule has 3 rings (SSSR count). The number of nitrogens with one attached hydrogen (secondary N) is 1. The van der Waals surface area contributed by atoms with E-state index in [-0.39, 0.29) is 17.9 Å². The Morgan fingerprint density at radius 1 is 1.09 bits per heavy atom. The molecule has 0 aromatic carbocycles. The number of carbonyl (C=O) groups excluding carboxylic acids is 1. The Hall–Kier alpha value is -2.94. The van der Waals surface area contributed by atoms with Crippen molar-refractivity contribution in [3.05, 3.63) is 30.1 Å². The van der Waals surface area contributed by atoms with E-state index in [0.717, 1.165) is 31.6 Å². The van der Waals surface area contributed by atoms with Crippen LogP contribution >= 0.6 is 0 Å². The Labute approximate surface area is 196 Å². The standard InChI is InChI=1S/C16H23N3O2.2C2HF3O2/c1-19(11-12-4-2-3-7-18-12)16(20)13-6-9-21-15-5-8-17-10-14(13)15;2*3-2(4,5)1(6)7/h2-4,7,13-15,17H,5-6,8-11H2,1H3;2*(H,6,7)/t13-,14-,15-;;/m1../s1. The van der Waals surface area contributed by atoms with Gasteiger partial charge in [0.1, 0.15) is 0 Å². The molecule has 0 aliphatic carbocycles. The molecule has 2 saturated heterocycles. The molecule has 15 heteroatoms. The first-order valence-electron chi connectivity index (χ1n) is 10.2. The molecule has 1 aromatic rings. The molecule has 0 saturated carbocycles. The molecule has 0 spiro atoms. The summed E-state index contributed by atoms with van der Waals surface area (Å²) in [5.74, 6) is -4.90. The highest BCUT2D eigenvalue weighted by molar-refractivity contribution is 5.79. The van der Waals surface area contributed by atoms with E-state index in [1.54, 1.807) is 6.20 Å². The number of piperidine rings is 1. The fourth-order valence-corrected chi connectivity index (χ4v) is 3.43. The van der Waals surface area contributed by atoms with Crippen LogP contribution in [0.15, 0.2) is 24.4 Å². The number of aliphatic carboxylic acids is 2. The zero-order valence-corrected chi connectivity index (χ0v) is 18.5. The van der Waals surface area contributed by atoms with Gasteiger partial charge in [0.15, 0.2) is 0 Å². The van der Waals surface area contributed by atoms with Crippen LogP contribution in [0.3, 0.4) is 0 Å². The van der Waals surface area contributed by atoms with Gasteiger partial charge in [-0.25, -0.2) is 9.59 Å². The van der Waals surface area contributed by atoms with E-state index in [1.807, 2.05) is 30.1 Å². The van der Waals surface area contributed by atoms with Crippen molar-refractivity contribution >= 4 is 17.8 Å². The smallest absolute Gasteiger partial charge is 0.475 e. The van der Waals surface area contributed by atoms with Crippen LogP contribution in [-0.4, -0.2) is 83.1 Å². The molecule has 198 valence electrons. The first-order chi connectivity index (χ1) is 16.1. The van der Waals surface area contributed by atoms with E-state index in [9.17, 15) is 31.1 Å². The Morgan fingerprint density at radius 2 is 1.66 bits per heavy atom. The summed E-state index contributed by atoms with van der Waals surface area (Å²) in [5.41, 5.74) is 0.929. The molecule has 0 radical (unpaired) electrons. The number of aromatic nitrogens is 1. The van der Waals surface area contributed by atoms with E-state index in [2.05, 4.69) is 10.3 Å². The van der Waals surface area contributed by atoms with Crippen LogP contribution < -0.4 is 5.32 Å². The van der Waals surface area contributed by atoms with Crippen LogP contribution in [-0.2, 0) is 25.7 Å². The maximum absolute atomic E-state index is 12.8. The summed E-state index contributed by atoms with van der Waals surface area (Å²) in [6, 6.07) is 5.80. The second-order valence-corrected chi connectivity index (χ2v) is 7.58. The highest BCUT2D eigenvalue weighted by Crippen LogP contribution is 2.32. The summed E-state index contributed by atoms with van der Waals surface area (Å²) in [5, 5.41) is 17.6. The predicted octanol–water partition coefficient (Wildman–Crippen LogP) is 2.32. The lowest BCUT2D eigenvalue weighted by Gasteiger charge is -2.41. The minimum absolute atomic E-state index is 0.0743. The number of amides is 1. The molecule has 1 amide bonds. The summed E-state index contributed by atoms with van der Waals surface area (Å²) >= 11 is 0. The SMILES string of the molecule is CN(Cc1ccccn1)C(=O)[C@@H]1CCO[C@@H]2CCNC[C@@H]21.O=C(O)C(F)(F)F.O=C(O)C(F)(F)F. The number of fused-ring (bicyclic) bond motifs is 1. The van der Waals surface area contributed by atoms with Gasteiger partial charge in [-0.15, -0.1) is 0 Å². The summed E-state index contributed by atoms with van der Waals surface area (Å²) in [4.78, 5) is 36.7. The molecule has 0 unspecified atom stereocenters. The van der Waals surface area contributed by atoms with E-state index in [0.29, 0.717) is 19.1 Å². The lowest BCUT2D eigenvalue weighted by atomic mass is 9.79. The van der Waals surface area contributed by atoms with Crippen LogP contribution in [0.4, 0.5) is 26.3 Å². The third-order valence-corrected chi connectivity index (χ3v) is 5.04.